The molecule has 1 aromatic carbocycles. The SMILES string of the molecule is CCc1nc2cc(F)c(C(=O)O)c(F)c2s1. The van der Waals surface area contributed by atoms with Crippen molar-refractivity contribution in [1.82, 2.24) is 4.98 Å². The highest BCUT2D eigenvalue weighted by Crippen LogP contribution is 2.29. The summed E-state index contributed by atoms with van der Waals surface area (Å²) in [5.74, 6) is -3.74. The van der Waals surface area contributed by atoms with Crippen LogP contribution in [0.5, 0.6) is 0 Å². The van der Waals surface area contributed by atoms with Gasteiger partial charge in [0.25, 0.3) is 0 Å². The molecule has 0 saturated heterocycles. The summed E-state index contributed by atoms with van der Waals surface area (Å²) in [4.78, 5) is 14.7. The molecule has 0 saturated carbocycles. The van der Waals surface area contributed by atoms with Crippen LogP contribution in [0.4, 0.5) is 8.78 Å². The first-order chi connectivity index (χ1) is 7.54. The van der Waals surface area contributed by atoms with Crippen LogP contribution in [0.3, 0.4) is 0 Å². The lowest BCUT2D eigenvalue weighted by atomic mass is 10.2. The van der Waals surface area contributed by atoms with Crippen LogP contribution in [-0.4, -0.2) is 16.1 Å². The van der Waals surface area contributed by atoms with Crippen molar-refractivity contribution < 1.29 is 18.7 Å². The monoisotopic (exact) mass is 243 g/mol. The van der Waals surface area contributed by atoms with Gasteiger partial charge in [0, 0.05) is 6.07 Å². The Kier molecular flexibility index (Phi) is 2.59. The first-order valence-electron chi connectivity index (χ1n) is 4.55. The molecule has 0 aliphatic heterocycles. The number of aromatic nitrogens is 1. The minimum Gasteiger partial charge on any atom is -0.477 e. The highest BCUT2D eigenvalue weighted by atomic mass is 32.1. The second kappa shape index (κ2) is 3.79. The molecule has 1 N–H and O–H groups in total. The summed E-state index contributed by atoms with van der Waals surface area (Å²) in [5.41, 5.74) is -0.749. The summed E-state index contributed by atoms with van der Waals surface area (Å²) in [5, 5.41) is 9.32. The number of thiazole rings is 1. The molecule has 0 unspecified atom stereocenters. The van der Waals surface area contributed by atoms with E-state index in [2.05, 4.69) is 4.98 Å². The van der Waals surface area contributed by atoms with Crippen LogP contribution >= 0.6 is 11.3 Å². The average Bonchev–Trinajstić information content (AvgIpc) is 2.60. The molecule has 0 amide bonds. The van der Waals surface area contributed by atoms with Gasteiger partial charge in [0.2, 0.25) is 0 Å². The van der Waals surface area contributed by atoms with E-state index < -0.39 is 23.2 Å². The van der Waals surface area contributed by atoms with E-state index >= 15 is 0 Å². The normalized spacial score (nSPS) is 10.9. The lowest BCUT2D eigenvalue weighted by Crippen LogP contribution is -2.04. The largest absolute Gasteiger partial charge is 0.477 e. The highest BCUT2D eigenvalue weighted by Gasteiger charge is 2.21. The number of nitrogens with zero attached hydrogens (tertiary/aromatic N) is 1. The van der Waals surface area contributed by atoms with Crippen molar-refractivity contribution >= 4 is 27.5 Å². The number of carbonyl (C=O) groups is 1. The van der Waals surface area contributed by atoms with E-state index in [1.54, 1.807) is 0 Å². The number of halogens is 2. The number of fused-ring (bicyclic) bond motifs is 1. The lowest BCUT2D eigenvalue weighted by Gasteiger charge is -1.99. The Hall–Kier alpha value is -1.56. The summed E-state index contributed by atoms with van der Waals surface area (Å²) in [6, 6.07) is 0.956. The van der Waals surface area contributed by atoms with Gasteiger partial charge in [-0.2, -0.15) is 0 Å². The fourth-order valence-corrected chi connectivity index (χ4v) is 2.32. The minimum atomic E-state index is -1.61. The van der Waals surface area contributed by atoms with E-state index in [1.165, 1.54) is 0 Å². The number of carboxylic acids is 1. The summed E-state index contributed by atoms with van der Waals surface area (Å²) >= 11 is 1.05. The topological polar surface area (TPSA) is 50.2 Å². The van der Waals surface area contributed by atoms with E-state index in [0.717, 1.165) is 17.4 Å². The third-order valence-corrected chi connectivity index (χ3v) is 3.34. The molecule has 3 nitrogen and oxygen atoms in total. The van der Waals surface area contributed by atoms with E-state index in [-0.39, 0.29) is 10.2 Å². The third kappa shape index (κ3) is 1.55. The zero-order valence-corrected chi connectivity index (χ0v) is 9.07. The van der Waals surface area contributed by atoms with Gasteiger partial charge in [-0.3, -0.25) is 0 Å². The van der Waals surface area contributed by atoms with Gasteiger partial charge in [0.15, 0.2) is 5.82 Å². The molecule has 0 aliphatic rings. The fourth-order valence-electron chi connectivity index (χ4n) is 1.39. The minimum absolute atomic E-state index is 0.0932. The van der Waals surface area contributed by atoms with Gasteiger partial charge in [-0.05, 0) is 6.42 Å². The van der Waals surface area contributed by atoms with Gasteiger partial charge in [-0.25, -0.2) is 18.6 Å². The molecule has 2 aromatic rings. The first kappa shape index (κ1) is 10.9. The van der Waals surface area contributed by atoms with Crippen molar-refractivity contribution in [3.05, 3.63) is 28.3 Å². The number of hydrogen-bond acceptors (Lipinski definition) is 3. The van der Waals surface area contributed by atoms with Crippen LogP contribution < -0.4 is 0 Å². The van der Waals surface area contributed by atoms with Crippen molar-refractivity contribution in [1.29, 1.82) is 0 Å². The van der Waals surface area contributed by atoms with Crippen molar-refractivity contribution in [2.45, 2.75) is 13.3 Å². The predicted octanol–water partition coefficient (Wildman–Crippen LogP) is 2.84. The number of carboxylic acid groups (broad SMARTS) is 1. The summed E-state index contributed by atoms with van der Waals surface area (Å²) in [6.07, 6.45) is 0.600. The molecule has 2 rings (SSSR count). The van der Waals surface area contributed by atoms with Gasteiger partial charge in [-0.1, -0.05) is 6.92 Å². The third-order valence-electron chi connectivity index (χ3n) is 2.14. The van der Waals surface area contributed by atoms with Crippen molar-refractivity contribution in [3.63, 3.8) is 0 Å². The molecule has 0 atom stereocenters. The molecule has 84 valence electrons. The maximum atomic E-state index is 13.7. The smallest absolute Gasteiger partial charge is 0.341 e. The van der Waals surface area contributed by atoms with Crippen LogP contribution in [0.1, 0.15) is 22.3 Å². The van der Waals surface area contributed by atoms with Gasteiger partial charge >= 0.3 is 5.97 Å². The molecule has 0 fully saturated rings. The van der Waals surface area contributed by atoms with Crippen LogP contribution in [0.25, 0.3) is 10.2 Å². The van der Waals surface area contributed by atoms with Gasteiger partial charge in [0.05, 0.1) is 15.2 Å². The molecule has 1 aromatic heterocycles. The van der Waals surface area contributed by atoms with Crippen molar-refractivity contribution in [2.75, 3.05) is 0 Å². The van der Waals surface area contributed by atoms with Crippen molar-refractivity contribution in [3.8, 4) is 0 Å². The number of benzene rings is 1. The van der Waals surface area contributed by atoms with Crippen LogP contribution in [0, 0.1) is 11.6 Å². The Bertz CT molecular complexity index is 580. The Morgan fingerprint density at radius 1 is 1.56 bits per heavy atom. The van der Waals surface area contributed by atoms with E-state index in [4.69, 9.17) is 5.11 Å². The van der Waals surface area contributed by atoms with E-state index in [0.29, 0.717) is 11.4 Å². The Morgan fingerprint density at radius 3 is 2.81 bits per heavy atom. The predicted molar refractivity (Wildman–Crippen MR) is 55.9 cm³/mol. The second-order valence-corrected chi connectivity index (χ2v) is 4.25. The maximum absolute atomic E-state index is 13.7. The molecular formula is C10H7F2NO2S. The number of hydrogen-bond donors (Lipinski definition) is 1. The first-order valence-corrected chi connectivity index (χ1v) is 5.37. The highest BCUT2D eigenvalue weighted by molar-refractivity contribution is 7.18. The second-order valence-electron chi connectivity index (χ2n) is 3.16. The standard InChI is InChI=1S/C10H7F2NO2S/c1-2-6-13-5-3-4(11)7(10(14)15)8(12)9(5)16-6/h3H,2H2,1H3,(H,14,15). The summed E-state index contributed by atoms with van der Waals surface area (Å²) in [6.45, 7) is 1.84. The Labute approximate surface area is 93.4 Å². The molecule has 0 aliphatic carbocycles. The molecule has 0 spiro atoms. The Morgan fingerprint density at radius 2 is 2.25 bits per heavy atom. The molecule has 0 radical (unpaired) electrons. The van der Waals surface area contributed by atoms with Gasteiger partial charge in [-0.15, -0.1) is 11.3 Å². The number of aryl methyl sites for hydroxylation is 1. The van der Waals surface area contributed by atoms with E-state index in [1.807, 2.05) is 6.92 Å². The molecule has 1 heterocycles. The maximum Gasteiger partial charge on any atom is 0.341 e. The molecule has 0 bridgehead atoms. The lowest BCUT2D eigenvalue weighted by molar-refractivity contribution is 0.0687. The quantitative estimate of drug-likeness (QED) is 0.882. The molecular weight excluding hydrogens is 236 g/mol. The fraction of sp³-hybridized carbons (Fsp3) is 0.200. The van der Waals surface area contributed by atoms with Gasteiger partial charge < -0.3 is 5.11 Å². The summed E-state index contributed by atoms with van der Waals surface area (Å²) < 4.78 is 27.1. The molecule has 6 heteroatoms. The van der Waals surface area contributed by atoms with Gasteiger partial charge in [0.1, 0.15) is 11.4 Å². The summed E-state index contributed by atoms with van der Waals surface area (Å²) in [7, 11) is 0. The zero-order valence-electron chi connectivity index (χ0n) is 8.25. The average molecular weight is 243 g/mol. The number of aromatic carboxylic acids is 1. The van der Waals surface area contributed by atoms with Crippen LogP contribution in [-0.2, 0) is 6.42 Å². The Balaban J connectivity index is 2.81. The number of rotatable bonds is 2. The van der Waals surface area contributed by atoms with E-state index in [9.17, 15) is 13.6 Å². The zero-order chi connectivity index (χ0) is 11.9. The van der Waals surface area contributed by atoms with Crippen molar-refractivity contribution in [2.24, 2.45) is 0 Å². The molecule has 16 heavy (non-hydrogen) atoms. The van der Waals surface area contributed by atoms with Crippen LogP contribution in [0.15, 0.2) is 6.07 Å². The van der Waals surface area contributed by atoms with Crippen LogP contribution in [0.2, 0.25) is 0 Å².